The highest BCUT2D eigenvalue weighted by Crippen LogP contribution is 2.34. The first kappa shape index (κ1) is 18.4. The highest BCUT2D eigenvalue weighted by molar-refractivity contribution is 6.35. The molecule has 0 aliphatic rings. The number of phenols is 1. The number of aromatic hydroxyl groups is 1. The number of nitrogens with one attached hydrogen (secondary N) is 1. The van der Waals surface area contributed by atoms with Crippen LogP contribution >= 0.6 is 34.8 Å². The number of halogens is 3. The van der Waals surface area contributed by atoms with E-state index < -0.39 is 5.91 Å². The molecule has 24 heavy (non-hydrogen) atoms. The number of carbonyl (C=O) groups excluding carboxylic acids is 1. The standard InChI is InChI=1S/C16H13Cl3N2O3/c1-2-24-14-6-9(5-13(19)15(14)22)8-20-21-16(23)11-7-10(17)3-4-12(11)18/h3-8,22H,2H2,1H3,(H,21,23)/b20-8+. The molecule has 0 radical (unpaired) electrons. The molecule has 2 aromatic carbocycles. The Bertz CT molecular complexity index is 794. The largest absolute Gasteiger partial charge is 0.503 e. The molecule has 0 unspecified atom stereocenters. The predicted molar refractivity (Wildman–Crippen MR) is 95.8 cm³/mol. The summed E-state index contributed by atoms with van der Waals surface area (Å²) in [7, 11) is 0. The Morgan fingerprint density at radius 1 is 1.25 bits per heavy atom. The maximum atomic E-state index is 12.0. The molecule has 126 valence electrons. The van der Waals surface area contributed by atoms with Gasteiger partial charge in [0.25, 0.3) is 5.91 Å². The van der Waals surface area contributed by atoms with Crippen LogP contribution in [0.3, 0.4) is 0 Å². The van der Waals surface area contributed by atoms with Gasteiger partial charge in [0.1, 0.15) is 0 Å². The third-order valence-corrected chi connectivity index (χ3v) is 3.76. The molecule has 0 bridgehead atoms. The van der Waals surface area contributed by atoms with Gasteiger partial charge in [-0.15, -0.1) is 0 Å². The number of ether oxygens (including phenoxy) is 1. The summed E-state index contributed by atoms with van der Waals surface area (Å²) in [5, 5.41) is 14.4. The van der Waals surface area contributed by atoms with Gasteiger partial charge in [0.05, 0.1) is 28.4 Å². The first-order valence-corrected chi connectivity index (χ1v) is 7.99. The van der Waals surface area contributed by atoms with Crippen molar-refractivity contribution in [2.75, 3.05) is 6.61 Å². The minimum atomic E-state index is -0.506. The fraction of sp³-hybridized carbons (Fsp3) is 0.125. The minimum absolute atomic E-state index is 0.117. The van der Waals surface area contributed by atoms with Gasteiger partial charge in [-0.25, -0.2) is 5.43 Å². The smallest absolute Gasteiger partial charge is 0.272 e. The molecule has 2 N–H and O–H groups in total. The fourth-order valence-corrected chi connectivity index (χ4v) is 2.43. The summed E-state index contributed by atoms with van der Waals surface area (Å²) < 4.78 is 5.27. The summed E-state index contributed by atoms with van der Waals surface area (Å²) in [4.78, 5) is 12.0. The number of hydrogen-bond acceptors (Lipinski definition) is 4. The normalized spacial score (nSPS) is 10.8. The van der Waals surface area contributed by atoms with Crippen LogP contribution in [0.25, 0.3) is 0 Å². The number of rotatable bonds is 5. The lowest BCUT2D eigenvalue weighted by molar-refractivity contribution is 0.0955. The van der Waals surface area contributed by atoms with Crippen molar-refractivity contribution >= 4 is 46.9 Å². The van der Waals surface area contributed by atoms with Gasteiger partial charge >= 0.3 is 0 Å². The lowest BCUT2D eigenvalue weighted by Gasteiger charge is -2.08. The van der Waals surface area contributed by atoms with E-state index in [1.165, 1.54) is 24.4 Å². The summed E-state index contributed by atoms with van der Waals surface area (Å²) >= 11 is 17.7. The summed E-state index contributed by atoms with van der Waals surface area (Å²) in [5.41, 5.74) is 3.09. The Balaban J connectivity index is 2.14. The Morgan fingerprint density at radius 2 is 2.00 bits per heavy atom. The maximum absolute atomic E-state index is 12.0. The fourth-order valence-electron chi connectivity index (χ4n) is 1.83. The van der Waals surface area contributed by atoms with E-state index in [4.69, 9.17) is 39.5 Å². The molecule has 0 aromatic heterocycles. The van der Waals surface area contributed by atoms with E-state index in [9.17, 15) is 9.90 Å². The lowest BCUT2D eigenvalue weighted by atomic mass is 10.2. The first-order valence-electron chi connectivity index (χ1n) is 6.86. The van der Waals surface area contributed by atoms with Crippen LogP contribution in [0, 0.1) is 0 Å². The van der Waals surface area contributed by atoms with Crippen LogP contribution in [0.5, 0.6) is 11.5 Å². The lowest BCUT2D eigenvalue weighted by Crippen LogP contribution is -2.18. The molecule has 2 aromatic rings. The number of nitrogens with zero attached hydrogens (tertiary/aromatic N) is 1. The maximum Gasteiger partial charge on any atom is 0.272 e. The zero-order valence-corrected chi connectivity index (χ0v) is 14.8. The summed E-state index contributed by atoms with van der Waals surface area (Å²) in [6.45, 7) is 2.15. The second kappa shape index (κ2) is 8.24. The molecule has 8 heteroatoms. The number of benzene rings is 2. The zero-order chi connectivity index (χ0) is 17.7. The molecule has 0 saturated heterocycles. The SMILES string of the molecule is CCOc1cc(/C=N/NC(=O)c2cc(Cl)ccc2Cl)cc(Cl)c1O. The molecular weight excluding hydrogens is 375 g/mol. The molecule has 0 spiro atoms. The average Bonchev–Trinajstić information content (AvgIpc) is 2.54. The Kier molecular flexibility index (Phi) is 6.31. The van der Waals surface area contributed by atoms with E-state index in [0.29, 0.717) is 17.2 Å². The molecule has 0 fully saturated rings. The molecule has 1 amide bonds. The summed E-state index contributed by atoms with van der Waals surface area (Å²) in [5.74, 6) is -0.422. The first-order chi connectivity index (χ1) is 11.4. The van der Waals surface area contributed by atoms with Crippen molar-refractivity contribution in [3.8, 4) is 11.5 Å². The third kappa shape index (κ3) is 4.54. The van der Waals surface area contributed by atoms with Crippen LogP contribution in [0.4, 0.5) is 0 Å². The van der Waals surface area contributed by atoms with Gasteiger partial charge in [0.2, 0.25) is 0 Å². The second-order valence-corrected chi connectivity index (χ2v) is 5.86. The molecule has 5 nitrogen and oxygen atoms in total. The molecular formula is C16H13Cl3N2O3. The number of amides is 1. The van der Waals surface area contributed by atoms with E-state index >= 15 is 0 Å². The van der Waals surface area contributed by atoms with Crippen LogP contribution in [0.15, 0.2) is 35.4 Å². The van der Waals surface area contributed by atoms with Gasteiger partial charge < -0.3 is 9.84 Å². The Morgan fingerprint density at radius 3 is 2.71 bits per heavy atom. The van der Waals surface area contributed by atoms with E-state index in [1.54, 1.807) is 19.1 Å². The number of phenolic OH excluding ortho intramolecular Hbond substituents is 1. The second-order valence-electron chi connectivity index (χ2n) is 4.61. The predicted octanol–water partition coefficient (Wildman–Crippen LogP) is 4.52. The number of hydrogen-bond donors (Lipinski definition) is 2. The topological polar surface area (TPSA) is 70.9 Å². The van der Waals surface area contributed by atoms with E-state index in [2.05, 4.69) is 10.5 Å². The highest BCUT2D eigenvalue weighted by atomic mass is 35.5. The molecule has 0 heterocycles. The van der Waals surface area contributed by atoms with Crippen molar-refractivity contribution in [3.63, 3.8) is 0 Å². The van der Waals surface area contributed by atoms with E-state index in [0.717, 1.165) is 0 Å². The molecule has 0 aliphatic carbocycles. The molecule has 2 rings (SSSR count). The van der Waals surface area contributed by atoms with Gasteiger partial charge in [-0.1, -0.05) is 34.8 Å². The quantitative estimate of drug-likeness (QED) is 0.585. The van der Waals surface area contributed by atoms with Crippen LogP contribution in [0.1, 0.15) is 22.8 Å². The van der Waals surface area contributed by atoms with Crippen molar-refractivity contribution in [2.45, 2.75) is 6.92 Å². The summed E-state index contributed by atoms with van der Waals surface area (Å²) in [6.07, 6.45) is 1.37. The van der Waals surface area contributed by atoms with Gasteiger partial charge in [-0.2, -0.15) is 5.10 Å². The van der Waals surface area contributed by atoms with Gasteiger partial charge in [-0.05, 0) is 42.8 Å². The zero-order valence-electron chi connectivity index (χ0n) is 12.5. The van der Waals surface area contributed by atoms with Crippen molar-refractivity contribution in [2.24, 2.45) is 5.10 Å². The average molecular weight is 388 g/mol. The molecule has 0 aliphatic heterocycles. The highest BCUT2D eigenvalue weighted by Gasteiger charge is 2.11. The van der Waals surface area contributed by atoms with E-state index in [1.807, 2.05) is 0 Å². The van der Waals surface area contributed by atoms with Crippen molar-refractivity contribution in [3.05, 3.63) is 56.5 Å². The van der Waals surface area contributed by atoms with Crippen LogP contribution in [0.2, 0.25) is 15.1 Å². The molecule has 0 saturated carbocycles. The van der Waals surface area contributed by atoms with Gasteiger partial charge in [-0.3, -0.25) is 4.79 Å². The van der Waals surface area contributed by atoms with Crippen molar-refractivity contribution in [1.82, 2.24) is 5.43 Å². The van der Waals surface area contributed by atoms with E-state index in [-0.39, 0.29) is 27.1 Å². The Labute approximate surface area is 153 Å². The third-order valence-electron chi connectivity index (χ3n) is 2.90. The number of hydrazone groups is 1. The Hall–Kier alpha value is -1.95. The van der Waals surface area contributed by atoms with Crippen molar-refractivity contribution in [1.29, 1.82) is 0 Å². The van der Waals surface area contributed by atoms with Gasteiger partial charge in [0, 0.05) is 5.02 Å². The monoisotopic (exact) mass is 386 g/mol. The van der Waals surface area contributed by atoms with Crippen molar-refractivity contribution < 1.29 is 14.6 Å². The van der Waals surface area contributed by atoms with Crippen LogP contribution < -0.4 is 10.2 Å². The number of carbonyl (C=O) groups is 1. The van der Waals surface area contributed by atoms with Crippen LogP contribution in [-0.4, -0.2) is 23.8 Å². The minimum Gasteiger partial charge on any atom is -0.503 e. The molecule has 0 atom stereocenters. The van der Waals surface area contributed by atoms with Gasteiger partial charge in [0.15, 0.2) is 11.5 Å². The van der Waals surface area contributed by atoms with Crippen LogP contribution in [-0.2, 0) is 0 Å². The summed E-state index contributed by atoms with van der Waals surface area (Å²) in [6, 6.07) is 7.59.